The Labute approximate surface area is 79.0 Å². The first kappa shape index (κ1) is 8.31. The lowest BCUT2D eigenvalue weighted by Crippen LogP contribution is -1.94. The first-order chi connectivity index (χ1) is 6.33. The van der Waals surface area contributed by atoms with E-state index in [2.05, 4.69) is 25.1 Å². The second-order valence-electron chi connectivity index (χ2n) is 3.69. The molecule has 0 fully saturated rings. The van der Waals surface area contributed by atoms with Crippen molar-refractivity contribution in [2.24, 2.45) is 0 Å². The Morgan fingerprint density at radius 3 is 2.85 bits per heavy atom. The van der Waals surface area contributed by atoms with E-state index < -0.39 is 0 Å². The standard InChI is InChI=1S/C12H13N/c1-9-5-6-10(7-8-13)12-4-2-3-11(9)12/h5-6H,2-4,7H2,1H3. The van der Waals surface area contributed by atoms with Gasteiger partial charge in [-0.3, -0.25) is 0 Å². The van der Waals surface area contributed by atoms with Crippen LogP contribution in [0.1, 0.15) is 28.7 Å². The first-order valence-electron chi connectivity index (χ1n) is 4.80. The van der Waals surface area contributed by atoms with Gasteiger partial charge in [-0.05, 0) is 48.4 Å². The topological polar surface area (TPSA) is 23.8 Å². The number of fused-ring (bicyclic) bond motifs is 1. The highest BCUT2D eigenvalue weighted by Crippen LogP contribution is 2.28. The predicted molar refractivity (Wildman–Crippen MR) is 52.5 cm³/mol. The number of hydrogen-bond acceptors (Lipinski definition) is 1. The summed E-state index contributed by atoms with van der Waals surface area (Å²) in [7, 11) is 0. The van der Waals surface area contributed by atoms with Gasteiger partial charge in [0.2, 0.25) is 0 Å². The second kappa shape index (κ2) is 3.22. The monoisotopic (exact) mass is 171 g/mol. The molecule has 0 aromatic heterocycles. The fourth-order valence-corrected chi connectivity index (χ4v) is 2.21. The second-order valence-corrected chi connectivity index (χ2v) is 3.69. The molecule has 0 saturated carbocycles. The zero-order valence-electron chi connectivity index (χ0n) is 7.93. The van der Waals surface area contributed by atoms with E-state index in [1.807, 2.05) is 0 Å². The minimum absolute atomic E-state index is 0.572. The van der Waals surface area contributed by atoms with Crippen LogP contribution in [0.25, 0.3) is 0 Å². The zero-order valence-corrected chi connectivity index (χ0v) is 7.93. The minimum Gasteiger partial charge on any atom is -0.198 e. The maximum atomic E-state index is 8.67. The van der Waals surface area contributed by atoms with Gasteiger partial charge in [0.05, 0.1) is 12.5 Å². The molecule has 0 spiro atoms. The largest absolute Gasteiger partial charge is 0.198 e. The lowest BCUT2D eigenvalue weighted by molar-refractivity contribution is 0.906. The average Bonchev–Trinajstić information content (AvgIpc) is 2.59. The fraction of sp³-hybridized carbons (Fsp3) is 0.417. The van der Waals surface area contributed by atoms with Gasteiger partial charge in [-0.25, -0.2) is 0 Å². The molecule has 66 valence electrons. The third-order valence-electron chi connectivity index (χ3n) is 2.89. The molecule has 0 unspecified atom stereocenters. The average molecular weight is 171 g/mol. The van der Waals surface area contributed by atoms with Gasteiger partial charge >= 0.3 is 0 Å². The molecule has 0 radical (unpaired) electrons. The molecule has 0 N–H and O–H groups in total. The SMILES string of the molecule is Cc1ccc(CC#N)c2c1CCC2. The third kappa shape index (κ3) is 1.33. The highest BCUT2D eigenvalue weighted by molar-refractivity contribution is 5.44. The zero-order chi connectivity index (χ0) is 9.26. The van der Waals surface area contributed by atoms with Crippen molar-refractivity contribution in [1.82, 2.24) is 0 Å². The molecule has 1 heteroatoms. The molecule has 0 amide bonds. The molecule has 1 aliphatic rings. The van der Waals surface area contributed by atoms with Crippen molar-refractivity contribution in [1.29, 1.82) is 5.26 Å². The van der Waals surface area contributed by atoms with Gasteiger partial charge < -0.3 is 0 Å². The lowest BCUT2D eigenvalue weighted by atomic mass is 9.97. The predicted octanol–water partition coefficient (Wildman–Crippen LogP) is 2.55. The van der Waals surface area contributed by atoms with E-state index in [-0.39, 0.29) is 0 Å². The lowest BCUT2D eigenvalue weighted by Gasteiger charge is -2.07. The molecule has 13 heavy (non-hydrogen) atoms. The van der Waals surface area contributed by atoms with Crippen LogP contribution in [0.2, 0.25) is 0 Å². The fourth-order valence-electron chi connectivity index (χ4n) is 2.21. The van der Waals surface area contributed by atoms with Crippen LogP contribution in [0.4, 0.5) is 0 Å². The summed E-state index contributed by atoms with van der Waals surface area (Å²) in [5.74, 6) is 0. The van der Waals surface area contributed by atoms with Gasteiger partial charge in [0, 0.05) is 0 Å². The summed E-state index contributed by atoms with van der Waals surface area (Å²) in [6.45, 7) is 2.17. The molecule has 1 aliphatic carbocycles. The van der Waals surface area contributed by atoms with Gasteiger partial charge in [-0.15, -0.1) is 0 Å². The van der Waals surface area contributed by atoms with Gasteiger partial charge in [0.25, 0.3) is 0 Å². The highest BCUT2D eigenvalue weighted by Gasteiger charge is 2.15. The summed E-state index contributed by atoms with van der Waals surface area (Å²) >= 11 is 0. The first-order valence-corrected chi connectivity index (χ1v) is 4.80. The van der Waals surface area contributed by atoms with E-state index in [9.17, 15) is 0 Å². The number of nitrogens with zero attached hydrogens (tertiary/aromatic N) is 1. The smallest absolute Gasteiger partial charge is 0.0669 e. The molecule has 0 saturated heterocycles. The van der Waals surface area contributed by atoms with Crippen LogP contribution in [-0.4, -0.2) is 0 Å². The van der Waals surface area contributed by atoms with Crippen LogP contribution in [-0.2, 0) is 19.3 Å². The Kier molecular flexibility index (Phi) is 2.06. The van der Waals surface area contributed by atoms with Crippen molar-refractivity contribution in [2.75, 3.05) is 0 Å². The summed E-state index contributed by atoms with van der Waals surface area (Å²) in [5, 5.41) is 8.67. The third-order valence-corrected chi connectivity index (χ3v) is 2.89. The summed E-state index contributed by atoms with van der Waals surface area (Å²) in [6, 6.07) is 6.50. The molecule has 1 aromatic carbocycles. The van der Waals surface area contributed by atoms with Crippen molar-refractivity contribution < 1.29 is 0 Å². The summed E-state index contributed by atoms with van der Waals surface area (Å²) in [5.41, 5.74) is 5.61. The van der Waals surface area contributed by atoms with Gasteiger partial charge in [0.1, 0.15) is 0 Å². The summed E-state index contributed by atoms with van der Waals surface area (Å²) in [4.78, 5) is 0. The molecule has 0 aliphatic heterocycles. The van der Waals surface area contributed by atoms with Crippen LogP contribution in [0.15, 0.2) is 12.1 Å². The van der Waals surface area contributed by atoms with E-state index in [1.54, 1.807) is 0 Å². The Morgan fingerprint density at radius 1 is 1.31 bits per heavy atom. The number of hydrogen-bond donors (Lipinski definition) is 0. The van der Waals surface area contributed by atoms with Crippen LogP contribution in [0.3, 0.4) is 0 Å². The summed E-state index contributed by atoms with van der Waals surface area (Å²) in [6.07, 6.45) is 4.22. The Hall–Kier alpha value is -1.29. The molecule has 1 aromatic rings. The van der Waals surface area contributed by atoms with E-state index in [0.717, 1.165) is 0 Å². The molecule has 0 heterocycles. The molecule has 1 nitrogen and oxygen atoms in total. The molecular formula is C12H13N. The summed E-state index contributed by atoms with van der Waals surface area (Å²) < 4.78 is 0. The van der Waals surface area contributed by atoms with Crippen molar-refractivity contribution >= 4 is 0 Å². The van der Waals surface area contributed by atoms with Gasteiger partial charge in [0.15, 0.2) is 0 Å². The van der Waals surface area contributed by atoms with Crippen molar-refractivity contribution in [3.8, 4) is 6.07 Å². The molecule has 0 bridgehead atoms. The minimum atomic E-state index is 0.572. The van der Waals surface area contributed by atoms with Crippen LogP contribution < -0.4 is 0 Å². The highest BCUT2D eigenvalue weighted by atomic mass is 14.3. The van der Waals surface area contributed by atoms with E-state index in [1.165, 1.54) is 41.5 Å². The van der Waals surface area contributed by atoms with Crippen molar-refractivity contribution in [3.63, 3.8) is 0 Å². The van der Waals surface area contributed by atoms with Crippen LogP contribution in [0.5, 0.6) is 0 Å². The maximum Gasteiger partial charge on any atom is 0.0669 e. The van der Waals surface area contributed by atoms with E-state index in [4.69, 9.17) is 5.26 Å². The molecule has 0 atom stereocenters. The Balaban J connectivity index is 2.51. The normalized spacial score (nSPS) is 13.8. The molecule has 2 rings (SSSR count). The van der Waals surface area contributed by atoms with E-state index in [0.29, 0.717) is 6.42 Å². The van der Waals surface area contributed by atoms with E-state index >= 15 is 0 Å². The number of benzene rings is 1. The number of rotatable bonds is 1. The van der Waals surface area contributed by atoms with Crippen molar-refractivity contribution in [2.45, 2.75) is 32.6 Å². The maximum absolute atomic E-state index is 8.67. The van der Waals surface area contributed by atoms with Crippen LogP contribution in [0, 0.1) is 18.3 Å². The number of aryl methyl sites for hydroxylation is 1. The number of nitriles is 1. The van der Waals surface area contributed by atoms with Gasteiger partial charge in [-0.2, -0.15) is 5.26 Å². The molecular weight excluding hydrogens is 158 g/mol. The van der Waals surface area contributed by atoms with Gasteiger partial charge in [-0.1, -0.05) is 12.1 Å². The van der Waals surface area contributed by atoms with Crippen LogP contribution >= 0.6 is 0 Å². The quantitative estimate of drug-likeness (QED) is 0.637. The van der Waals surface area contributed by atoms with Crippen molar-refractivity contribution in [3.05, 3.63) is 34.4 Å². The Morgan fingerprint density at radius 2 is 2.08 bits per heavy atom. The Bertz CT molecular complexity index is 371.